The first-order valence-electron chi connectivity index (χ1n) is 7.42. The van der Waals surface area contributed by atoms with Crippen LogP contribution in [0.25, 0.3) is 0 Å². The number of rotatable bonds is 5. The van der Waals surface area contributed by atoms with Gasteiger partial charge in [-0.1, -0.05) is 6.42 Å². The molecule has 0 aromatic carbocycles. The standard InChI is InChI=1S/C14H24N4O2/c1-4-20-14(19)12-7-5-6-8-17(12)9-13-15-10-16-18(13)11(2)3/h10-12H,4-9H2,1-3H3. The number of nitrogens with zero attached hydrogens (tertiary/aromatic N) is 4. The third-order valence-electron chi connectivity index (χ3n) is 3.65. The maximum absolute atomic E-state index is 12.0. The van der Waals surface area contributed by atoms with E-state index < -0.39 is 0 Å². The summed E-state index contributed by atoms with van der Waals surface area (Å²) in [6, 6.07) is 0.138. The first-order chi connectivity index (χ1) is 9.63. The average Bonchev–Trinajstić information content (AvgIpc) is 2.88. The monoisotopic (exact) mass is 280 g/mol. The maximum atomic E-state index is 12.0. The third kappa shape index (κ3) is 3.36. The van der Waals surface area contributed by atoms with Gasteiger partial charge in [0, 0.05) is 6.04 Å². The van der Waals surface area contributed by atoms with Crippen LogP contribution in [-0.2, 0) is 16.1 Å². The molecular weight excluding hydrogens is 256 g/mol. The first kappa shape index (κ1) is 15.0. The Morgan fingerprint density at radius 2 is 2.30 bits per heavy atom. The van der Waals surface area contributed by atoms with Crippen LogP contribution in [0.4, 0.5) is 0 Å². The molecule has 0 amide bonds. The fraction of sp³-hybridized carbons (Fsp3) is 0.786. The molecular formula is C14H24N4O2. The molecule has 6 heteroatoms. The molecule has 1 aliphatic rings. The minimum atomic E-state index is -0.138. The van der Waals surface area contributed by atoms with Gasteiger partial charge in [0.2, 0.25) is 0 Å². The van der Waals surface area contributed by atoms with Gasteiger partial charge in [-0.3, -0.25) is 9.69 Å². The van der Waals surface area contributed by atoms with Crippen molar-refractivity contribution in [1.29, 1.82) is 0 Å². The van der Waals surface area contributed by atoms with Crippen molar-refractivity contribution >= 4 is 5.97 Å². The Bertz CT molecular complexity index is 444. The number of esters is 1. The molecule has 0 bridgehead atoms. The molecule has 2 rings (SSSR count). The van der Waals surface area contributed by atoms with Gasteiger partial charge in [0.1, 0.15) is 18.2 Å². The molecule has 0 aliphatic carbocycles. The zero-order valence-electron chi connectivity index (χ0n) is 12.6. The van der Waals surface area contributed by atoms with Crippen molar-refractivity contribution in [3.05, 3.63) is 12.2 Å². The Hall–Kier alpha value is -1.43. The van der Waals surface area contributed by atoms with E-state index in [0.717, 1.165) is 31.6 Å². The highest BCUT2D eigenvalue weighted by Gasteiger charge is 2.30. The zero-order valence-corrected chi connectivity index (χ0v) is 12.6. The Labute approximate surface area is 120 Å². The van der Waals surface area contributed by atoms with Crippen molar-refractivity contribution < 1.29 is 9.53 Å². The van der Waals surface area contributed by atoms with Crippen LogP contribution < -0.4 is 0 Å². The molecule has 1 fully saturated rings. The maximum Gasteiger partial charge on any atom is 0.323 e. The Morgan fingerprint density at radius 1 is 1.50 bits per heavy atom. The number of aromatic nitrogens is 3. The summed E-state index contributed by atoms with van der Waals surface area (Å²) in [4.78, 5) is 18.5. The molecule has 6 nitrogen and oxygen atoms in total. The van der Waals surface area contributed by atoms with Crippen LogP contribution in [0.1, 0.15) is 51.9 Å². The van der Waals surface area contributed by atoms with Gasteiger partial charge in [-0.2, -0.15) is 5.10 Å². The smallest absolute Gasteiger partial charge is 0.323 e. The highest BCUT2D eigenvalue weighted by molar-refractivity contribution is 5.75. The first-order valence-corrected chi connectivity index (χ1v) is 7.42. The van der Waals surface area contributed by atoms with Crippen LogP contribution in [0.3, 0.4) is 0 Å². The molecule has 1 unspecified atom stereocenters. The lowest BCUT2D eigenvalue weighted by Crippen LogP contribution is -2.45. The molecule has 112 valence electrons. The Morgan fingerprint density at radius 3 is 3.00 bits per heavy atom. The SMILES string of the molecule is CCOC(=O)C1CCCCN1Cc1ncnn1C(C)C. The molecule has 0 saturated carbocycles. The third-order valence-corrected chi connectivity index (χ3v) is 3.65. The predicted molar refractivity (Wildman–Crippen MR) is 75.1 cm³/mol. The normalized spacial score (nSPS) is 20.3. The molecule has 1 aromatic rings. The summed E-state index contributed by atoms with van der Waals surface area (Å²) in [6.45, 7) is 8.01. The zero-order chi connectivity index (χ0) is 14.5. The van der Waals surface area contributed by atoms with Crippen LogP contribution in [0, 0.1) is 0 Å². The fourth-order valence-electron chi connectivity index (χ4n) is 2.69. The van der Waals surface area contributed by atoms with E-state index >= 15 is 0 Å². The second kappa shape index (κ2) is 6.83. The number of carbonyl (C=O) groups excluding carboxylic acids is 1. The van der Waals surface area contributed by atoms with Crippen LogP contribution in [0.2, 0.25) is 0 Å². The summed E-state index contributed by atoms with van der Waals surface area (Å²) in [5.74, 6) is 0.805. The van der Waals surface area contributed by atoms with E-state index in [4.69, 9.17) is 4.74 Å². The minimum Gasteiger partial charge on any atom is -0.465 e. The summed E-state index contributed by atoms with van der Waals surface area (Å²) in [6.07, 6.45) is 4.65. The highest BCUT2D eigenvalue weighted by Crippen LogP contribution is 2.20. The Balaban J connectivity index is 2.08. The molecule has 2 heterocycles. The summed E-state index contributed by atoms with van der Waals surface area (Å²) in [5, 5.41) is 4.25. The van der Waals surface area contributed by atoms with Crippen molar-refractivity contribution in [2.24, 2.45) is 0 Å². The number of hydrogen-bond acceptors (Lipinski definition) is 5. The summed E-state index contributed by atoms with van der Waals surface area (Å²) >= 11 is 0. The van der Waals surface area contributed by atoms with Crippen molar-refractivity contribution in [1.82, 2.24) is 19.7 Å². The van der Waals surface area contributed by atoms with E-state index in [-0.39, 0.29) is 18.1 Å². The van der Waals surface area contributed by atoms with Gasteiger partial charge in [-0.25, -0.2) is 9.67 Å². The molecule has 0 radical (unpaired) electrons. The second-order valence-electron chi connectivity index (χ2n) is 5.45. The minimum absolute atomic E-state index is 0.109. The van der Waals surface area contributed by atoms with Crippen molar-refractivity contribution in [2.45, 2.75) is 58.7 Å². The van der Waals surface area contributed by atoms with Gasteiger partial charge in [0.25, 0.3) is 0 Å². The van der Waals surface area contributed by atoms with Crippen LogP contribution in [0.5, 0.6) is 0 Å². The van der Waals surface area contributed by atoms with Crippen LogP contribution in [0.15, 0.2) is 6.33 Å². The van der Waals surface area contributed by atoms with Gasteiger partial charge in [-0.05, 0) is 40.2 Å². The lowest BCUT2D eigenvalue weighted by Gasteiger charge is -2.33. The number of carbonyl (C=O) groups is 1. The van der Waals surface area contributed by atoms with E-state index in [1.807, 2.05) is 11.6 Å². The van der Waals surface area contributed by atoms with Gasteiger partial charge in [-0.15, -0.1) is 0 Å². The number of ether oxygens (including phenoxy) is 1. The quantitative estimate of drug-likeness (QED) is 0.769. The van der Waals surface area contributed by atoms with E-state index in [1.54, 1.807) is 6.33 Å². The van der Waals surface area contributed by atoms with Gasteiger partial charge < -0.3 is 4.74 Å². The molecule has 1 atom stereocenters. The van der Waals surface area contributed by atoms with Gasteiger partial charge in [0.05, 0.1) is 13.2 Å². The van der Waals surface area contributed by atoms with E-state index in [2.05, 4.69) is 28.8 Å². The lowest BCUT2D eigenvalue weighted by atomic mass is 10.0. The van der Waals surface area contributed by atoms with Gasteiger partial charge in [0.15, 0.2) is 0 Å². The lowest BCUT2D eigenvalue weighted by molar-refractivity contribution is -0.151. The molecule has 1 saturated heterocycles. The van der Waals surface area contributed by atoms with Crippen LogP contribution in [-0.4, -0.2) is 44.8 Å². The van der Waals surface area contributed by atoms with E-state index in [1.165, 1.54) is 0 Å². The fourth-order valence-corrected chi connectivity index (χ4v) is 2.69. The average molecular weight is 280 g/mol. The summed E-state index contributed by atoms with van der Waals surface area (Å²) in [5.41, 5.74) is 0. The number of piperidine rings is 1. The van der Waals surface area contributed by atoms with E-state index in [0.29, 0.717) is 13.2 Å². The molecule has 0 N–H and O–H groups in total. The van der Waals surface area contributed by atoms with Crippen molar-refractivity contribution in [3.63, 3.8) is 0 Å². The van der Waals surface area contributed by atoms with E-state index in [9.17, 15) is 4.79 Å². The number of likely N-dealkylation sites (tertiary alicyclic amines) is 1. The molecule has 1 aliphatic heterocycles. The second-order valence-corrected chi connectivity index (χ2v) is 5.45. The predicted octanol–water partition coefficient (Wildman–Crippen LogP) is 1.78. The van der Waals surface area contributed by atoms with Crippen molar-refractivity contribution in [3.8, 4) is 0 Å². The highest BCUT2D eigenvalue weighted by atomic mass is 16.5. The van der Waals surface area contributed by atoms with Gasteiger partial charge >= 0.3 is 5.97 Å². The summed E-state index contributed by atoms with van der Waals surface area (Å²) < 4.78 is 7.10. The van der Waals surface area contributed by atoms with Crippen molar-refractivity contribution in [2.75, 3.05) is 13.2 Å². The Kier molecular flexibility index (Phi) is 5.11. The largest absolute Gasteiger partial charge is 0.465 e. The van der Waals surface area contributed by atoms with Crippen LogP contribution >= 0.6 is 0 Å². The number of hydrogen-bond donors (Lipinski definition) is 0. The molecule has 1 aromatic heterocycles. The topological polar surface area (TPSA) is 60.2 Å². The molecule has 0 spiro atoms. The summed E-state index contributed by atoms with van der Waals surface area (Å²) in [7, 11) is 0. The molecule has 20 heavy (non-hydrogen) atoms.